The number of carbonyl (C=O) groups excluding carboxylic acids is 1. The Balaban J connectivity index is 2.39. The molecule has 0 spiro atoms. The van der Waals surface area contributed by atoms with Gasteiger partial charge in [-0.2, -0.15) is 0 Å². The fourth-order valence-electron chi connectivity index (χ4n) is 1.85. The molecule has 0 aromatic carbocycles. The first-order valence-corrected chi connectivity index (χ1v) is 5.43. The van der Waals surface area contributed by atoms with E-state index in [4.69, 9.17) is 4.74 Å². The Morgan fingerprint density at radius 3 is 2.67 bits per heavy atom. The van der Waals surface area contributed by atoms with Crippen LogP contribution in [0.25, 0.3) is 0 Å². The normalized spacial score (nSPS) is 21.9. The zero-order valence-corrected chi connectivity index (χ0v) is 9.75. The molecule has 1 saturated heterocycles. The van der Waals surface area contributed by atoms with Crippen molar-refractivity contribution < 1.29 is 13.9 Å². The summed E-state index contributed by atoms with van der Waals surface area (Å²) in [5.74, 6) is 0.510. The van der Waals surface area contributed by atoms with E-state index in [0.29, 0.717) is 5.92 Å². The minimum atomic E-state index is -0.609. The number of nitrogens with zero attached hydrogens (tertiary/aromatic N) is 1. The van der Waals surface area contributed by atoms with E-state index < -0.39 is 6.67 Å². The fourth-order valence-corrected chi connectivity index (χ4v) is 1.85. The third-order valence-corrected chi connectivity index (χ3v) is 2.97. The molecule has 0 N–H and O–H groups in total. The van der Waals surface area contributed by atoms with Gasteiger partial charge in [0, 0.05) is 13.1 Å². The smallest absolute Gasteiger partial charge is 0.409 e. The summed E-state index contributed by atoms with van der Waals surface area (Å²) in [6.07, 6.45) is 0.633. The number of rotatable bonds is 2. The molecule has 4 heteroatoms. The van der Waals surface area contributed by atoms with E-state index >= 15 is 0 Å². The molecule has 0 radical (unpaired) electrons. The molecule has 88 valence electrons. The Labute approximate surface area is 90.6 Å². The van der Waals surface area contributed by atoms with Gasteiger partial charge in [0.05, 0.1) is 0 Å². The summed E-state index contributed by atoms with van der Waals surface area (Å²) in [7, 11) is 0. The molecule has 0 aliphatic carbocycles. The highest BCUT2D eigenvalue weighted by molar-refractivity contribution is 5.67. The van der Waals surface area contributed by atoms with E-state index in [1.165, 1.54) is 0 Å². The van der Waals surface area contributed by atoms with E-state index in [2.05, 4.69) is 20.8 Å². The van der Waals surface area contributed by atoms with Crippen LogP contribution in [0.2, 0.25) is 0 Å². The van der Waals surface area contributed by atoms with Crippen LogP contribution in [0.15, 0.2) is 0 Å². The summed E-state index contributed by atoms with van der Waals surface area (Å²) in [5, 5.41) is 0. The Bertz CT molecular complexity index is 225. The first kappa shape index (κ1) is 12.3. The Kier molecular flexibility index (Phi) is 3.94. The van der Waals surface area contributed by atoms with Gasteiger partial charge in [0.25, 0.3) is 0 Å². The number of carbonyl (C=O) groups is 1. The van der Waals surface area contributed by atoms with Crippen molar-refractivity contribution in [1.29, 1.82) is 0 Å². The number of ether oxygens (including phenoxy) is 1. The largest absolute Gasteiger partial charge is 0.447 e. The molecule has 0 aromatic heterocycles. The summed E-state index contributed by atoms with van der Waals surface area (Å²) in [6, 6.07) is 0. The van der Waals surface area contributed by atoms with Crippen molar-refractivity contribution >= 4 is 6.09 Å². The van der Waals surface area contributed by atoms with Gasteiger partial charge in [0.1, 0.15) is 13.3 Å². The van der Waals surface area contributed by atoms with Gasteiger partial charge < -0.3 is 9.64 Å². The molecule has 15 heavy (non-hydrogen) atoms. The van der Waals surface area contributed by atoms with Crippen molar-refractivity contribution in [3.8, 4) is 0 Å². The predicted octanol–water partition coefficient (Wildman–Crippen LogP) is 2.46. The Morgan fingerprint density at radius 2 is 2.20 bits per heavy atom. The summed E-state index contributed by atoms with van der Waals surface area (Å²) in [6.45, 7) is 7.25. The SMILES string of the molecule is CC(C)(C)C1CCN(C(=O)OCCF)C1. The summed E-state index contributed by atoms with van der Waals surface area (Å²) >= 11 is 0. The highest BCUT2D eigenvalue weighted by Gasteiger charge is 2.34. The second kappa shape index (κ2) is 4.81. The summed E-state index contributed by atoms with van der Waals surface area (Å²) < 4.78 is 16.6. The van der Waals surface area contributed by atoms with Crippen LogP contribution in [0.4, 0.5) is 9.18 Å². The second-order valence-electron chi connectivity index (χ2n) is 5.10. The Hall–Kier alpha value is -0.800. The van der Waals surface area contributed by atoms with Crippen LogP contribution >= 0.6 is 0 Å². The highest BCUT2D eigenvalue weighted by Crippen LogP contribution is 2.33. The van der Waals surface area contributed by atoms with Crippen LogP contribution in [0, 0.1) is 11.3 Å². The van der Waals surface area contributed by atoms with Gasteiger partial charge in [-0.25, -0.2) is 9.18 Å². The maximum absolute atomic E-state index is 11.8. The standard InChI is InChI=1S/C11H20FNO2/c1-11(2,3)9-4-6-13(8-9)10(14)15-7-5-12/h9H,4-8H2,1-3H3. The molecule has 0 aromatic rings. The second-order valence-corrected chi connectivity index (χ2v) is 5.10. The maximum Gasteiger partial charge on any atom is 0.409 e. The molecule has 1 fully saturated rings. The fraction of sp³-hybridized carbons (Fsp3) is 0.909. The van der Waals surface area contributed by atoms with Crippen LogP contribution in [0.1, 0.15) is 27.2 Å². The molecule has 1 atom stereocenters. The van der Waals surface area contributed by atoms with Gasteiger partial charge in [0.2, 0.25) is 0 Å². The Morgan fingerprint density at radius 1 is 1.53 bits per heavy atom. The van der Waals surface area contributed by atoms with Gasteiger partial charge in [0.15, 0.2) is 0 Å². The van der Waals surface area contributed by atoms with Crippen molar-refractivity contribution in [3.63, 3.8) is 0 Å². The highest BCUT2D eigenvalue weighted by atomic mass is 19.1. The van der Waals surface area contributed by atoms with Gasteiger partial charge in [-0.1, -0.05) is 20.8 Å². The van der Waals surface area contributed by atoms with Crippen molar-refractivity contribution in [1.82, 2.24) is 4.90 Å². The average molecular weight is 217 g/mol. The first-order chi connectivity index (χ1) is 6.95. The topological polar surface area (TPSA) is 29.5 Å². The monoisotopic (exact) mass is 217 g/mol. The van der Waals surface area contributed by atoms with Crippen LogP contribution < -0.4 is 0 Å². The van der Waals surface area contributed by atoms with Gasteiger partial charge >= 0.3 is 6.09 Å². The van der Waals surface area contributed by atoms with Crippen LogP contribution in [0.3, 0.4) is 0 Å². The molecule has 1 amide bonds. The van der Waals surface area contributed by atoms with Crippen LogP contribution in [-0.4, -0.2) is 37.4 Å². The van der Waals surface area contributed by atoms with Crippen molar-refractivity contribution in [2.75, 3.05) is 26.4 Å². The van der Waals surface area contributed by atoms with Gasteiger partial charge in [-0.05, 0) is 17.8 Å². The molecule has 1 rings (SSSR count). The van der Waals surface area contributed by atoms with Gasteiger partial charge in [-0.3, -0.25) is 0 Å². The lowest BCUT2D eigenvalue weighted by atomic mass is 9.80. The van der Waals surface area contributed by atoms with E-state index in [0.717, 1.165) is 19.5 Å². The lowest BCUT2D eigenvalue weighted by Gasteiger charge is -2.26. The number of hydrogen-bond acceptors (Lipinski definition) is 2. The number of alkyl halides is 1. The lowest BCUT2D eigenvalue weighted by Crippen LogP contribution is -2.32. The molecule has 1 unspecified atom stereocenters. The summed E-state index contributed by atoms with van der Waals surface area (Å²) in [4.78, 5) is 13.1. The molecule has 1 heterocycles. The molecule has 0 bridgehead atoms. The van der Waals surface area contributed by atoms with Crippen LogP contribution in [-0.2, 0) is 4.74 Å². The molecule has 3 nitrogen and oxygen atoms in total. The minimum Gasteiger partial charge on any atom is -0.447 e. The van der Waals surface area contributed by atoms with E-state index in [1.54, 1.807) is 4.90 Å². The summed E-state index contributed by atoms with van der Waals surface area (Å²) in [5.41, 5.74) is 0.217. The molecular formula is C11H20FNO2. The van der Waals surface area contributed by atoms with E-state index in [9.17, 15) is 9.18 Å². The van der Waals surface area contributed by atoms with E-state index in [1.807, 2.05) is 0 Å². The van der Waals surface area contributed by atoms with Crippen molar-refractivity contribution in [2.45, 2.75) is 27.2 Å². The maximum atomic E-state index is 11.8. The predicted molar refractivity (Wildman–Crippen MR) is 56.5 cm³/mol. The third kappa shape index (κ3) is 3.36. The van der Waals surface area contributed by atoms with E-state index in [-0.39, 0.29) is 18.1 Å². The number of hydrogen-bond donors (Lipinski definition) is 0. The molecule has 0 saturated carbocycles. The van der Waals surface area contributed by atoms with Gasteiger partial charge in [-0.15, -0.1) is 0 Å². The molecular weight excluding hydrogens is 197 g/mol. The van der Waals surface area contributed by atoms with Crippen molar-refractivity contribution in [3.05, 3.63) is 0 Å². The van der Waals surface area contributed by atoms with Crippen molar-refractivity contribution in [2.24, 2.45) is 11.3 Å². The number of likely N-dealkylation sites (tertiary alicyclic amines) is 1. The number of amides is 1. The average Bonchev–Trinajstić information content (AvgIpc) is 2.62. The van der Waals surface area contributed by atoms with Crippen LogP contribution in [0.5, 0.6) is 0 Å². The lowest BCUT2D eigenvalue weighted by molar-refractivity contribution is 0.100. The number of halogens is 1. The zero-order valence-electron chi connectivity index (χ0n) is 9.75. The quantitative estimate of drug-likeness (QED) is 0.711. The minimum absolute atomic E-state index is 0.129. The third-order valence-electron chi connectivity index (χ3n) is 2.97. The zero-order chi connectivity index (χ0) is 11.5. The first-order valence-electron chi connectivity index (χ1n) is 5.43. The molecule has 1 aliphatic rings. The molecule has 1 aliphatic heterocycles.